The Labute approximate surface area is 128 Å². The summed E-state index contributed by atoms with van der Waals surface area (Å²) in [6.07, 6.45) is 2.50. The first-order valence-electron chi connectivity index (χ1n) is 7.12. The minimum atomic E-state index is -0.959. The smallest absolute Gasteiger partial charge is 0.335 e. The second-order valence-corrected chi connectivity index (χ2v) is 5.45. The van der Waals surface area contributed by atoms with E-state index in [-0.39, 0.29) is 11.2 Å². The minimum Gasteiger partial charge on any atom is -0.478 e. The Bertz CT molecular complexity index is 696. The van der Waals surface area contributed by atoms with Crippen molar-refractivity contribution in [3.05, 3.63) is 36.0 Å². The highest BCUT2D eigenvalue weighted by atomic mass is 16.5. The summed E-state index contributed by atoms with van der Waals surface area (Å²) < 4.78 is 11.0. The summed E-state index contributed by atoms with van der Waals surface area (Å²) in [6, 6.07) is 6.88. The molecule has 0 amide bonds. The van der Waals surface area contributed by atoms with Gasteiger partial charge >= 0.3 is 5.97 Å². The Morgan fingerprint density at radius 3 is 3.09 bits per heavy atom. The molecule has 1 aromatic carbocycles. The van der Waals surface area contributed by atoms with Gasteiger partial charge in [-0.1, -0.05) is 6.07 Å². The monoisotopic (exact) mass is 302 g/mol. The van der Waals surface area contributed by atoms with E-state index >= 15 is 0 Å². The number of aromatic nitrogens is 1. The van der Waals surface area contributed by atoms with Gasteiger partial charge in [0.15, 0.2) is 0 Å². The van der Waals surface area contributed by atoms with Crippen LogP contribution in [0.3, 0.4) is 0 Å². The third-order valence-electron chi connectivity index (χ3n) is 4.05. The van der Waals surface area contributed by atoms with Crippen molar-refractivity contribution in [2.45, 2.75) is 12.0 Å². The Morgan fingerprint density at radius 2 is 2.41 bits per heavy atom. The Kier molecular flexibility index (Phi) is 3.96. The molecule has 22 heavy (non-hydrogen) atoms. The van der Waals surface area contributed by atoms with Crippen LogP contribution in [0.2, 0.25) is 0 Å². The van der Waals surface area contributed by atoms with Crippen LogP contribution >= 0.6 is 0 Å². The molecule has 0 bridgehead atoms. The van der Waals surface area contributed by atoms with Gasteiger partial charge in [-0.15, -0.1) is 0 Å². The molecule has 2 aromatic rings. The number of anilines is 1. The van der Waals surface area contributed by atoms with E-state index in [1.807, 2.05) is 6.07 Å². The van der Waals surface area contributed by atoms with Gasteiger partial charge in [-0.2, -0.15) is 0 Å². The first-order chi connectivity index (χ1) is 10.6. The average Bonchev–Trinajstić information content (AvgIpc) is 3.01. The van der Waals surface area contributed by atoms with E-state index in [4.69, 9.17) is 9.47 Å². The van der Waals surface area contributed by atoms with E-state index in [1.54, 1.807) is 31.5 Å². The summed E-state index contributed by atoms with van der Waals surface area (Å²) in [7, 11) is 1.67. The van der Waals surface area contributed by atoms with Gasteiger partial charge in [0.25, 0.3) is 0 Å². The molecule has 1 atom stereocenters. The van der Waals surface area contributed by atoms with E-state index in [0.717, 1.165) is 17.3 Å². The molecule has 0 saturated carbocycles. The van der Waals surface area contributed by atoms with Crippen molar-refractivity contribution >= 4 is 22.6 Å². The summed E-state index contributed by atoms with van der Waals surface area (Å²) in [5.74, 6) is -0.959. The predicted octanol–water partition coefficient (Wildman–Crippen LogP) is 2.15. The number of hydrogen-bond acceptors (Lipinski definition) is 5. The van der Waals surface area contributed by atoms with Gasteiger partial charge in [0.2, 0.25) is 0 Å². The number of ether oxygens (including phenoxy) is 2. The number of hydrogen-bond donors (Lipinski definition) is 2. The van der Waals surface area contributed by atoms with Crippen LogP contribution in [0.5, 0.6) is 0 Å². The number of rotatable bonds is 5. The van der Waals surface area contributed by atoms with Crippen molar-refractivity contribution in [3.63, 3.8) is 0 Å². The highest BCUT2D eigenvalue weighted by Crippen LogP contribution is 2.27. The van der Waals surface area contributed by atoms with Gasteiger partial charge in [-0.3, -0.25) is 4.98 Å². The largest absolute Gasteiger partial charge is 0.478 e. The van der Waals surface area contributed by atoms with E-state index in [0.29, 0.717) is 25.4 Å². The molecule has 1 fully saturated rings. The number of benzene rings is 1. The predicted molar refractivity (Wildman–Crippen MR) is 82.4 cm³/mol. The van der Waals surface area contributed by atoms with Crippen LogP contribution in [0.4, 0.5) is 5.69 Å². The number of carboxylic acid groups (broad SMARTS) is 1. The SMILES string of the molecule is COC1(CNc2cc(C(=O)O)cc3cccnc23)CCOC1. The molecule has 1 aliphatic heterocycles. The number of methoxy groups -OCH3 is 1. The Balaban J connectivity index is 1.93. The molecule has 2 heterocycles. The number of aromatic carboxylic acids is 1. The lowest BCUT2D eigenvalue weighted by atomic mass is 10.0. The molecule has 1 aliphatic rings. The van der Waals surface area contributed by atoms with E-state index in [2.05, 4.69) is 10.3 Å². The molecular formula is C16H18N2O4. The maximum Gasteiger partial charge on any atom is 0.335 e. The lowest BCUT2D eigenvalue weighted by Crippen LogP contribution is -2.39. The average molecular weight is 302 g/mol. The zero-order valence-corrected chi connectivity index (χ0v) is 12.3. The fourth-order valence-corrected chi connectivity index (χ4v) is 2.67. The van der Waals surface area contributed by atoms with E-state index in [9.17, 15) is 9.90 Å². The van der Waals surface area contributed by atoms with Crippen LogP contribution in [0.25, 0.3) is 10.9 Å². The molecule has 0 aliphatic carbocycles. The number of fused-ring (bicyclic) bond motifs is 1. The lowest BCUT2D eigenvalue weighted by molar-refractivity contribution is -0.00618. The summed E-state index contributed by atoms with van der Waals surface area (Å²) >= 11 is 0. The van der Waals surface area contributed by atoms with Crippen molar-refractivity contribution in [2.75, 3.05) is 32.2 Å². The van der Waals surface area contributed by atoms with Gasteiger partial charge in [0, 0.05) is 38.3 Å². The molecular weight excluding hydrogens is 284 g/mol. The summed E-state index contributed by atoms with van der Waals surface area (Å²) in [5, 5.41) is 13.3. The van der Waals surface area contributed by atoms with Crippen molar-refractivity contribution in [1.29, 1.82) is 0 Å². The third-order valence-corrected chi connectivity index (χ3v) is 4.05. The van der Waals surface area contributed by atoms with E-state index in [1.165, 1.54) is 0 Å². The number of nitrogens with zero attached hydrogens (tertiary/aromatic N) is 1. The van der Waals surface area contributed by atoms with Crippen molar-refractivity contribution in [2.24, 2.45) is 0 Å². The van der Waals surface area contributed by atoms with Crippen molar-refractivity contribution in [1.82, 2.24) is 4.98 Å². The quantitative estimate of drug-likeness (QED) is 0.881. The second kappa shape index (κ2) is 5.90. The van der Waals surface area contributed by atoms with Crippen molar-refractivity contribution < 1.29 is 19.4 Å². The first kappa shape index (κ1) is 14.7. The molecule has 2 N–H and O–H groups in total. The van der Waals surface area contributed by atoms with Crippen LogP contribution in [-0.2, 0) is 9.47 Å². The number of nitrogens with one attached hydrogen (secondary N) is 1. The fourth-order valence-electron chi connectivity index (χ4n) is 2.67. The first-order valence-corrected chi connectivity index (χ1v) is 7.12. The summed E-state index contributed by atoms with van der Waals surface area (Å²) in [4.78, 5) is 15.6. The number of carboxylic acids is 1. The van der Waals surface area contributed by atoms with Crippen LogP contribution in [-0.4, -0.2) is 48.5 Å². The molecule has 1 unspecified atom stereocenters. The van der Waals surface area contributed by atoms with Gasteiger partial charge in [-0.25, -0.2) is 4.79 Å². The molecule has 116 valence electrons. The van der Waals surface area contributed by atoms with Crippen LogP contribution in [0.15, 0.2) is 30.5 Å². The highest BCUT2D eigenvalue weighted by molar-refractivity contribution is 5.99. The molecule has 0 spiro atoms. The Morgan fingerprint density at radius 1 is 1.55 bits per heavy atom. The molecule has 1 aromatic heterocycles. The molecule has 6 nitrogen and oxygen atoms in total. The van der Waals surface area contributed by atoms with Crippen LogP contribution in [0.1, 0.15) is 16.8 Å². The van der Waals surface area contributed by atoms with Gasteiger partial charge in [-0.05, 0) is 18.2 Å². The molecule has 0 radical (unpaired) electrons. The topological polar surface area (TPSA) is 80.7 Å². The normalized spacial score (nSPS) is 21.1. The molecule has 6 heteroatoms. The summed E-state index contributed by atoms with van der Waals surface area (Å²) in [5.41, 5.74) is 1.30. The third kappa shape index (κ3) is 2.75. The number of pyridine rings is 1. The number of carbonyl (C=O) groups is 1. The van der Waals surface area contributed by atoms with Gasteiger partial charge < -0.3 is 19.9 Å². The van der Waals surface area contributed by atoms with Crippen LogP contribution < -0.4 is 5.32 Å². The van der Waals surface area contributed by atoms with Crippen molar-refractivity contribution in [3.8, 4) is 0 Å². The maximum absolute atomic E-state index is 11.3. The standard InChI is InChI=1S/C16H18N2O4/c1-21-16(4-6-22-10-16)9-18-13-8-12(15(19)20)7-11-3-2-5-17-14(11)13/h2-3,5,7-8,18H,4,6,9-10H2,1H3,(H,19,20). The second-order valence-electron chi connectivity index (χ2n) is 5.45. The van der Waals surface area contributed by atoms with E-state index < -0.39 is 5.97 Å². The van der Waals surface area contributed by atoms with Crippen LogP contribution in [0, 0.1) is 0 Å². The molecule has 1 saturated heterocycles. The maximum atomic E-state index is 11.3. The minimum absolute atomic E-state index is 0.233. The molecule has 3 rings (SSSR count). The summed E-state index contributed by atoms with van der Waals surface area (Å²) in [6.45, 7) is 1.74. The zero-order chi connectivity index (χ0) is 15.6. The van der Waals surface area contributed by atoms with Gasteiger partial charge in [0.05, 0.1) is 23.4 Å². The lowest BCUT2D eigenvalue weighted by Gasteiger charge is -2.26. The highest BCUT2D eigenvalue weighted by Gasteiger charge is 2.34. The Hall–Kier alpha value is -2.18. The van der Waals surface area contributed by atoms with Gasteiger partial charge in [0.1, 0.15) is 5.60 Å². The fraction of sp³-hybridized carbons (Fsp3) is 0.375. The zero-order valence-electron chi connectivity index (χ0n) is 12.3.